The lowest BCUT2D eigenvalue weighted by Crippen LogP contribution is -2.37. The zero-order valence-electron chi connectivity index (χ0n) is 11.4. The Kier molecular flexibility index (Phi) is 3.98. The summed E-state index contributed by atoms with van der Waals surface area (Å²) in [4.78, 5) is 23.5. The van der Waals surface area contributed by atoms with Crippen molar-refractivity contribution >= 4 is 34.8 Å². The summed E-state index contributed by atoms with van der Waals surface area (Å²) in [6, 6.07) is 3.23. The van der Waals surface area contributed by atoms with Crippen LogP contribution in [-0.4, -0.2) is 31.5 Å². The number of piperidine rings is 1. The van der Waals surface area contributed by atoms with E-state index in [1.54, 1.807) is 12.1 Å². The summed E-state index contributed by atoms with van der Waals surface area (Å²) in [6.07, 6.45) is 1.86. The van der Waals surface area contributed by atoms with Crippen molar-refractivity contribution in [2.24, 2.45) is 5.92 Å². The SMILES string of the molecule is O=C1COc2cc(NC(=O)[C@H]3CCCNC3)c(Cl)cc2N1. The van der Waals surface area contributed by atoms with Crippen LogP contribution in [0.4, 0.5) is 11.4 Å². The molecule has 0 aromatic heterocycles. The Morgan fingerprint density at radius 2 is 2.29 bits per heavy atom. The molecule has 1 atom stereocenters. The van der Waals surface area contributed by atoms with Crippen LogP contribution < -0.4 is 20.7 Å². The van der Waals surface area contributed by atoms with Crippen LogP contribution in [0.15, 0.2) is 12.1 Å². The summed E-state index contributed by atoms with van der Waals surface area (Å²) in [5.74, 6) is 0.190. The lowest BCUT2D eigenvalue weighted by molar-refractivity contribution is -0.120. The topological polar surface area (TPSA) is 79.5 Å². The number of nitrogens with one attached hydrogen (secondary N) is 3. The van der Waals surface area contributed by atoms with Crippen LogP contribution in [0.25, 0.3) is 0 Å². The van der Waals surface area contributed by atoms with Crippen LogP contribution in [-0.2, 0) is 9.59 Å². The normalized spacial score (nSPS) is 21.0. The van der Waals surface area contributed by atoms with Crippen molar-refractivity contribution in [1.29, 1.82) is 0 Å². The number of amides is 2. The minimum atomic E-state index is -0.219. The molecule has 21 heavy (non-hydrogen) atoms. The molecule has 0 saturated carbocycles. The number of benzene rings is 1. The predicted molar refractivity (Wildman–Crippen MR) is 79.8 cm³/mol. The first-order chi connectivity index (χ1) is 10.1. The van der Waals surface area contributed by atoms with E-state index in [9.17, 15) is 9.59 Å². The Labute approximate surface area is 127 Å². The van der Waals surface area contributed by atoms with Gasteiger partial charge in [0.05, 0.1) is 22.3 Å². The molecule has 2 heterocycles. The molecule has 0 aliphatic carbocycles. The molecule has 0 bridgehead atoms. The molecule has 1 fully saturated rings. The first kappa shape index (κ1) is 14.2. The second-order valence-electron chi connectivity index (χ2n) is 5.20. The van der Waals surface area contributed by atoms with Crippen molar-refractivity contribution in [1.82, 2.24) is 5.32 Å². The van der Waals surface area contributed by atoms with E-state index in [0.717, 1.165) is 19.4 Å². The number of rotatable bonds is 2. The molecule has 112 valence electrons. The third-order valence-corrected chi connectivity index (χ3v) is 3.94. The summed E-state index contributed by atoms with van der Waals surface area (Å²) in [6.45, 7) is 1.60. The second kappa shape index (κ2) is 5.91. The summed E-state index contributed by atoms with van der Waals surface area (Å²) >= 11 is 6.15. The molecule has 2 aliphatic rings. The van der Waals surface area contributed by atoms with Gasteiger partial charge in [-0.2, -0.15) is 0 Å². The lowest BCUT2D eigenvalue weighted by Gasteiger charge is -2.23. The Balaban J connectivity index is 1.76. The Bertz CT molecular complexity index is 585. The van der Waals surface area contributed by atoms with Crippen LogP contribution in [0.3, 0.4) is 0 Å². The van der Waals surface area contributed by atoms with Crippen LogP contribution in [0.1, 0.15) is 12.8 Å². The average molecular weight is 310 g/mol. The highest BCUT2D eigenvalue weighted by Gasteiger charge is 2.23. The third kappa shape index (κ3) is 3.11. The first-order valence-electron chi connectivity index (χ1n) is 6.91. The van der Waals surface area contributed by atoms with E-state index < -0.39 is 0 Å². The Morgan fingerprint density at radius 3 is 3.05 bits per heavy atom. The zero-order chi connectivity index (χ0) is 14.8. The molecule has 3 N–H and O–H groups in total. The van der Waals surface area contributed by atoms with Crippen molar-refractivity contribution < 1.29 is 14.3 Å². The highest BCUT2D eigenvalue weighted by atomic mass is 35.5. The van der Waals surface area contributed by atoms with Gasteiger partial charge in [0.1, 0.15) is 5.75 Å². The fourth-order valence-electron chi connectivity index (χ4n) is 2.51. The van der Waals surface area contributed by atoms with Crippen LogP contribution in [0.2, 0.25) is 5.02 Å². The number of fused-ring (bicyclic) bond motifs is 1. The monoisotopic (exact) mass is 309 g/mol. The maximum atomic E-state index is 12.2. The van der Waals surface area contributed by atoms with Gasteiger partial charge in [-0.1, -0.05) is 11.6 Å². The highest BCUT2D eigenvalue weighted by molar-refractivity contribution is 6.34. The molecule has 0 spiro atoms. The Hall–Kier alpha value is -1.79. The van der Waals surface area contributed by atoms with Gasteiger partial charge in [-0.05, 0) is 25.5 Å². The highest BCUT2D eigenvalue weighted by Crippen LogP contribution is 2.36. The van der Waals surface area contributed by atoms with E-state index in [-0.39, 0.29) is 24.3 Å². The van der Waals surface area contributed by atoms with Crippen LogP contribution in [0, 0.1) is 5.92 Å². The molecule has 0 unspecified atom stereocenters. The van der Waals surface area contributed by atoms with Gasteiger partial charge in [0, 0.05) is 12.6 Å². The first-order valence-corrected chi connectivity index (χ1v) is 7.29. The van der Waals surface area contributed by atoms with E-state index >= 15 is 0 Å². The van der Waals surface area contributed by atoms with E-state index in [2.05, 4.69) is 16.0 Å². The number of carbonyl (C=O) groups is 2. The maximum Gasteiger partial charge on any atom is 0.262 e. The van der Waals surface area contributed by atoms with Crippen LogP contribution >= 0.6 is 11.6 Å². The van der Waals surface area contributed by atoms with Gasteiger partial charge in [0.2, 0.25) is 5.91 Å². The average Bonchev–Trinajstić information content (AvgIpc) is 2.49. The fraction of sp³-hybridized carbons (Fsp3) is 0.429. The third-order valence-electron chi connectivity index (χ3n) is 3.63. The summed E-state index contributed by atoms with van der Waals surface area (Å²) < 4.78 is 5.32. The Morgan fingerprint density at radius 1 is 1.43 bits per heavy atom. The smallest absolute Gasteiger partial charge is 0.262 e. The van der Waals surface area contributed by atoms with Crippen molar-refractivity contribution in [3.63, 3.8) is 0 Å². The van der Waals surface area contributed by atoms with Crippen LogP contribution in [0.5, 0.6) is 5.75 Å². The minimum Gasteiger partial charge on any atom is -0.482 e. The number of ether oxygens (including phenoxy) is 1. The molecule has 7 heteroatoms. The molecule has 0 radical (unpaired) electrons. The van der Waals surface area contributed by atoms with E-state index in [4.69, 9.17) is 16.3 Å². The minimum absolute atomic E-state index is 0.0332. The number of halogens is 1. The maximum absolute atomic E-state index is 12.2. The molecule has 6 nitrogen and oxygen atoms in total. The van der Waals surface area contributed by atoms with E-state index in [1.165, 1.54) is 0 Å². The van der Waals surface area contributed by atoms with Crippen molar-refractivity contribution in [2.45, 2.75) is 12.8 Å². The van der Waals surface area contributed by atoms with Gasteiger partial charge < -0.3 is 20.7 Å². The molecule has 2 aliphatic heterocycles. The van der Waals surface area contributed by atoms with Crippen molar-refractivity contribution in [3.05, 3.63) is 17.2 Å². The molecule has 1 aromatic carbocycles. The molecule has 2 amide bonds. The van der Waals surface area contributed by atoms with Gasteiger partial charge in [-0.3, -0.25) is 9.59 Å². The largest absolute Gasteiger partial charge is 0.482 e. The number of hydrogen-bond donors (Lipinski definition) is 3. The van der Waals surface area contributed by atoms with Gasteiger partial charge in [0.15, 0.2) is 6.61 Å². The predicted octanol–water partition coefficient (Wildman–Crippen LogP) is 1.61. The zero-order valence-corrected chi connectivity index (χ0v) is 12.1. The standard InChI is InChI=1S/C14H16ClN3O3/c15-9-4-11-12(21-7-13(19)17-11)5-10(9)18-14(20)8-2-1-3-16-6-8/h4-5,8,16H,1-3,6-7H2,(H,17,19)(H,18,20)/t8-/m0/s1. The number of anilines is 2. The summed E-state index contributed by atoms with van der Waals surface area (Å²) in [5.41, 5.74) is 1.02. The number of carbonyl (C=O) groups excluding carboxylic acids is 2. The summed E-state index contributed by atoms with van der Waals surface area (Å²) in [5, 5.41) is 9.09. The second-order valence-corrected chi connectivity index (χ2v) is 5.60. The molecule has 1 saturated heterocycles. The fourth-order valence-corrected chi connectivity index (χ4v) is 2.72. The van der Waals surface area contributed by atoms with E-state index in [1.807, 2.05) is 0 Å². The number of hydrogen-bond acceptors (Lipinski definition) is 4. The quantitative estimate of drug-likeness (QED) is 0.775. The molecular formula is C14H16ClN3O3. The van der Waals surface area contributed by atoms with Gasteiger partial charge in [-0.25, -0.2) is 0 Å². The summed E-state index contributed by atoms with van der Waals surface area (Å²) in [7, 11) is 0. The molecular weight excluding hydrogens is 294 g/mol. The van der Waals surface area contributed by atoms with E-state index in [0.29, 0.717) is 28.7 Å². The van der Waals surface area contributed by atoms with Gasteiger partial charge >= 0.3 is 0 Å². The van der Waals surface area contributed by atoms with Gasteiger partial charge in [-0.15, -0.1) is 0 Å². The van der Waals surface area contributed by atoms with Crippen molar-refractivity contribution in [2.75, 3.05) is 30.3 Å². The van der Waals surface area contributed by atoms with Crippen molar-refractivity contribution in [3.8, 4) is 5.75 Å². The molecule has 3 rings (SSSR count). The molecule has 1 aromatic rings. The van der Waals surface area contributed by atoms with Gasteiger partial charge in [0.25, 0.3) is 5.91 Å². The lowest BCUT2D eigenvalue weighted by atomic mass is 9.99.